The Balaban J connectivity index is 1.57. The molecule has 4 nitrogen and oxygen atoms in total. The highest BCUT2D eigenvalue weighted by atomic mass is 32.1. The molecule has 4 rings (SSSR count). The van der Waals surface area contributed by atoms with Crippen molar-refractivity contribution in [1.82, 2.24) is 14.7 Å². The Morgan fingerprint density at radius 2 is 2.22 bits per heavy atom. The van der Waals surface area contributed by atoms with E-state index >= 15 is 0 Å². The number of carbonyl (C=O) groups is 1. The van der Waals surface area contributed by atoms with Crippen LogP contribution in [0.25, 0.3) is 0 Å². The largest absolute Gasteiger partial charge is 0.332 e. The lowest BCUT2D eigenvalue weighted by molar-refractivity contribution is 0.0750. The molecule has 0 saturated heterocycles. The molecular weight excluding hydrogens is 306 g/mol. The molecule has 0 bridgehead atoms. The molecule has 23 heavy (non-hydrogen) atoms. The van der Waals surface area contributed by atoms with Crippen molar-refractivity contribution in [2.45, 2.75) is 52.6 Å². The summed E-state index contributed by atoms with van der Waals surface area (Å²) in [6.45, 7) is 6.73. The third-order valence-electron chi connectivity index (χ3n) is 4.96. The molecule has 122 valence electrons. The molecule has 2 aromatic rings. The first-order valence-electron chi connectivity index (χ1n) is 8.54. The van der Waals surface area contributed by atoms with E-state index in [0.717, 1.165) is 54.5 Å². The molecule has 0 radical (unpaired) electrons. The van der Waals surface area contributed by atoms with Gasteiger partial charge in [0.25, 0.3) is 5.91 Å². The number of hydrogen-bond donors (Lipinski definition) is 0. The van der Waals surface area contributed by atoms with Crippen LogP contribution >= 0.6 is 11.3 Å². The van der Waals surface area contributed by atoms with Crippen LogP contribution in [0.3, 0.4) is 0 Å². The normalized spacial score (nSPS) is 20.8. The van der Waals surface area contributed by atoms with Gasteiger partial charge in [0.15, 0.2) is 0 Å². The van der Waals surface area contributed by atoms with Crippen LogP contribution in [0.1, 0.15) is 51.3 Å². The van der Waals surface area contributed by atoms with Gasteiger partial charge >= 0.3 is 0 Å². The summed E-state index contributed by atoms with van der Waals surface area (Å²) in [5, 5.41) is 4.52. The van der Waals surface area contributed by atoms with E-state index in [1.807, 2.05) is 11.8 Å². The number of fused-ring (bicyclic) bond motifs is 2. The van der Waals surface area contributed by atoms with Crippen LogP contribution in [0.2, 0.25) is 0 Å². The van der Waals surface area contributed by atoms with Crippen molar-refractivity contribution < 1.29 is 4.79 Å². The van der Waals surface area contributed by atoms with Gasteiger partial charge in [-0.25, -0.2) is 0 Å². The molecule has 1 amide bonds. The zero-order valence-corrected chi connectivity index (χ0v) is 14.7. The van der Waals surface area contributed by atoms with E-state index in [1.54, 1.807) is 11.3 Å². The second-order valence-corrected chi connectivity index (χ2v) is 8.12. The lowest BCUT2D eigenvalue weighted by Crippen LogP contribution is -2.30. The SMILES string of the molecule is Cc1cc2n(n1)CCCN(C(=O)c1cc3c(s1)CCC(C)C3)C2. The van der Waals surface area contributed by atoms with Crippen LogP contribution in [0.15, 0.2) is 12.1 Å². The fraction of sp³-hybridized carbons (Fsp3) is 0.556. The zero-order valence-electron chi connectivity index (χ0n) is 13.8. The minimum absolute atomic E-state index is 0.198. The standard InChI is InChI=1S/C18H23N3OS/c1-12-4-5-16-14(8-12)10-17(23-16)18(22)20-6-3-7-21-15(11-20)9-13(2)19-21/h9-10,12H,3-8,11H2,1-2H3. The number of aromatic nitrogens is 2. The summed E-state index contributed by atoms with van der Waals surface area (Å²) in [4.78, 5) is 17.3. The van der Waals surface area contributed by atoms with Gasteiger partial charge in [-0.1, -0.05) is 6.92 Å². The fourth-order valence-corrected chi connectivity index (χ4v) is 4.92. The predicted octanol–water partition coefficient (Wildman–Crippen LogP) is 3.42. The van der Waals surface area contributed by atoms with Gasteiger partial charge in [-0.15, -0.1) is 11.3 Å². The molecule has 0 aromatic carbocycles. The minimum Gasteiger partial charge on any atom is -0.332 e. The van der Waals surface area contributed by atoms with Crippen molar-refractivity contribution in [3.63, 3.8) is 0 Å². The van der Waals surface area contributed by atoms with Crippen molar-refractivity contribution in [3.8, 4) is 0 Å². The first kappa shape index (κ1) is 14.9. The fourth-order valence-electron chi connectivity index (χ4n) is 3.75. The number of nitrogens with zero attached hydrogens (tertiary/aromatic N) is 3. The zero-order chi connectivity index (χ0) is 16.0. The molecule has 0 saturated carbocycles. The van der Waals surface area contributed by atoms with E-state index < -0.39 is 0 Å². The number of thiophene rings is 1. The molecule has 5 heteroatoms. The molecular formula is C18H23N3OS. The quantitative estimate of drug-likeness (QED) is 0.804. The monoisotopic (exact) mass is 329 g/mol. The van der Waals surface area contributed by atoms with Crippen LogP contribution < -0.4 is 0 Å². The van der Waals surface area contributed by atoms with Gasteiger partial charge in [0.1, 0.15) is 0 Å². The Kier molecular flexibility index (Phi) is 3.76. The number of rotatable bonds is 1. The van der Waals surface area contributed by atoms with Crippen molar-refractivity contribution in [2.24, 2.45) is 5.92 Å². The van der Waals surface area contributed by atoms with Crippen LogP contribution in [0, 0.1) is 12.8 Å². The molecule has 3 heterocycles. The third-order valence-corrected chi connectivity index (χ3v) is 6.19. The summed E-state index contributed by atoms with van der Waals surface area (Å²) in [5.74, 6) is 0.944. The first-order chi connectivity index (χ1) is 11.1. The average Bonchev–Trinajstić information content (AvgIpc) is 3.03. The molecule has 1 aliphatic heterocycles. The van der Waals surface area contributed by atoms with Crippen molar-refractivity contribution in [3.05, 3.63) is 38.8 Å². The summed E-state index contributed by atoms with van der Waals surface area (Å²) in [6, 6.07) is 4.26. The second kappa shape index (κ2) is 5.78. The lowest BCUT2D eigenvalue weighted by Gasteiger charge is -2.19. The van der Waals surface area contributed by atoms with E-state index in [4.69, 9.17) is 0 Å². The van der Waals surface area contributed by atoms with Gasteiger partial charge in [-0.2, -0.15) is 5.10 Å². The Morgan fingerprint density at radius 3 is 3.09 bits per heavy atom. The van der Waals surface area contributed by atoms with E-state index in [2.05, 4.69) is 28.8 Å². The van der Waals surface area contributed by atoms with E-state index in [9.17, 15) is 4.79 Å². The summed E-state index contributed by atoms with van der Waals surface area (Å²) < 4.78 is 2.06. The topological polar surface area (TPSA) is 38.1 Å². The van der Waals surface area contributed by atoms with Gasteiger partial charge in [-0.3, -0.25) is 9.48 Å². The molecule has 1 unspecified atom stereocenters. The predicted molar refractivity (Wildman–Crippen MR) is 91.8 cm³/mol. The van der Waals surface area contributed by atoms with E-state index in [1.165, 1.54) is 16.9 Å². The lowest BCUT2D eigenvalue weighted by atomic mass is 9.90. The maximum Gasteiger partial charge on any atom is 0.264 e. The van der Waals surface area contributed by atoms with Crippen LogP contribution in [-0.4, -0.2) is 27.1 Å². The van der Waals surface area contributed by atoms with Crippen LogP contribution in [-0.2, 0) is 25.9 Å². The molecule has 0 fully saturated rings. The summed E-state index contributed by atoms with van der Waals surface area (Å²) in [5.41, 5.74) is 3.60. The van der Waals surface area contributed by atoms with Crippen LogP contribution in [0.4, 0.5) is 0 Å². The number of amides is 1. The summed E-state index contributed by atoms with van der Waals surface area (Å²) in [7, 11) is 0. The van der Waals surface area contributed by atoms with Gasteiger partial charge in [0, 0.05) is 18.0 Å². The van der Waals surface area contributed by atoms with E-state index in [-0.39, 0.29) is 5.91 Å². The van der Waals surface area contributed by atoms with Crippen LogP contribution in [0.5, 0.6) is 0 Å². The Morgan fingerprint density at radius 1 is 1.35 bits per heavy atom. The third kappa shape index (κ3) is 2.82. The van der Waals surface area contributed by atoms with Crippen molar-refractivity contribution in [1.29, 1.82) is 0 Å². The Hall–Kier alpha value is -1.62. The first-order valence-corrected chi connectivity index (χ1v) is 9.36. The second-order valence-electron chi connectivity index (χ2n) is 6.99. The van der Waals surface area contributed by atoms with Gasteiger partial charge < -0.3 is 4.90 Å². The molecule has 1 aliphatic carbocycles. The summed E-state index contributed by atoms with van der Waals surface area (Å²) in [6.07, 6.45) is 4.50. The maximum absolute atomic E-state index is 13.0. The van der Waals surface area contributed by atoms with Gasteiger partial charge in [0.2, 0.25) is 0 Å². The number of aryl methyl sites for hydroxylation is 3. The number of hydrogen-bond acceptors (Lipinski definition) is 3. The van der Waals surface area contributed by atoms with Crippen molar-refractivity contribution in [2.75, 3.05) is 6.54 Å². The minimum atomic E-state index is 0.198. The molecule has 1 atom stereocenters. The maximum atomic E-state index is 13.0. The molecule has 2 aliphatic rings. The van der Waals surface area contributed by atoms with E-state index in [0.29, 0.717) is 6.54 Å². The highest BCUT2D eigenvalue weighted by Crippen LogP contribution is 2.33. The highest BCUT2D eigenvalue weighted by Gasteiger charge is 2.25. The molecule has 2 aromatic heterocycles. The summed E-state index contributed by atoms with van der Waals surface area (Å²) >= 11 is 1.72. The molecule has 0 spiro atoms. The van der Waals surface area contributed by atoms with Crippen molar-refractivity contribution >= 4 is 17.2 Å². The highest BCUT2D eigenvalue weighted by molar-refractivity contribution is 7.14. The average molecular weight is 329 g/mol. The smallest absolute Gasteiger partial charge is 0.264 e. The molecule has 0 N–H and O–H groups in total. The van der Waals surface area contributed by atoms with Gasteiger partial charge in [-0.05, 0) is 56.2 Å². The Bertz CT molecular complexity index is 746. The van der Waals surface area contributed by atoms with Gasteiger partial charge in [0.05, 0.1) is 22.8 Å². The number of carbonyl (C=O) groups excluding carboxylic acids is 1. The Labute approximate surface area is 141 Å².